The van der Waals surface area contributed by atoms with Crippen LogP contribution < -0.4 is 4.72 Å². The summed E-state index contributed by atoms with van der Waals surface area (Å²) in [6, 6.07) is 15.0. The monoisotopic (exact) mass is 475 g/mol. The van der Waals surface area contributed by atoms with Gasteiger partial charge in [-0.2, -0.15) is 0 Å². The topological polar surface area (TPSA) is 75.4 Å². The molecule has 0 unspecified atom stereocenters. The van der Waals surface area contributed by atoms with Crippen LogP contribution in [-0.4, -0.2) is 44.2 Å². The highest BCUT2D eigenvalue weighted by atomic mass is 35.5. The predicted molar refractivity (Wildman–Crippen MR) is 124 cm³/mol. The number of aromatic nitrogens is 1. The van der Waals surface area contributed by atoms with Gasteiger partial charge in [0.05, 0.1) is 5.69 Å². The van der Waals surface area contributed by atoms with Crippen molar-refractivity contribution in [3.8, 4) is 0 Å². The second-order valence-corrected chi connectivity index (χ2v) is 11.3. The molecule has 5 rings (SSSR count). The number of para-hydroxylation sites is 1. The Kier molecular flexibility index (Phi) is 5.75. The zero-order valence-electron chi connectivity index (χ0n) is 16.8. The number of fused-ring (bicyclic) bond motifs is 2. The lowest BCUT2D eigenvalue weighted by Crippen LogP contribution is -2.36. The fourth-order valence-corrected chi connectivity index (χ4v) is 7.06. The summed E-state index contributed by atoms with van der Waals surface area (Å²) in [5, 5.41) is 6.76. The van der Waals surface area contributed by atoms with Gasteiger partial charge in [-0.1, -0.05) is 35.0 Å². The summed E-state index contributed by atoms with van der Waals surface area (Å²) < 4.78 is 35.2. The van der Waals surface area contributed by atoms with Crippen LogP contribution >= 0.6 is 22.9 Å². The van der Waals surface area contributed by atoms with E-state index in [1.54, 1.807) is 18.2 Å². The normalized spacial score (nSPS) is 17.8. The predicted octanol–water partition coefficient (Wildman–Crippen LogP) is 4.68. The molecule has 0 spiro atoms. The Morgan fingerprint density at radius 3 is 3.00 bits per heavy atom. The van der Waals surface area contributed by atoms with Crippen molar-refractivity contribution in [2.75, 3.05) is 19.6 Å². The third-order valence-corrected chi connectivity index (χ3v) is 8.99. The highest BCUT2D eigenvalue weighted by molar-refractivity contribution is 7.91. The summed E-state index contributed by atoms with van der Waals surface area (Å²) in [7, 11) is -3.55. The number of nitrogens with zero attached hydrogens (tertiary/aromatic N) is 2. The Bertz CT molecular complexity index is 1330. The van der Waals surface area contributed by atoms with E-state index in [-0.39, 0.29) is 6.04 Å². The molecule has 0 aliphatic carbocycles. The zero-order chi connectivity index (χ0) is 21.4. The Morgan fingerprint density at radius 2 is 2.10 bits per heavy atom. The van der Waals surface area contributed by atoms with E-state index in [1.165, 1.54) is 11.3 Å². The number of hydrogen-bond acceptors (Lipinski definition) is 6. The highest BCUT2D eigenvalue weighted by Crippen LogP contribution is 2.31. The summed E-state index contributed by atoms with van der Waals surface area (Å²) in [5.74, 6) is 0. The molecule has 1 aliphatic heterocycles. The first-order valence-corrected chi connectivity index (χ1v) is 12.9. The molecule has 2 aromatic carbocycles. The van der Waals surface area contributed by atoms with E-state index < -0.39 is 10.0 Å². The van der Waals surface area contributed by atoms with Crippen molar-refractivity contribution < 1.29 is 12.9 Å². The van der Waals surface area contributed by atoms with Crippen LogP contribution in [0.2, 0.25) is 5.02 Å². The Morgan fingerprint density at radius 1 is 1.23 bits per heavy atom. The van der Waals surface area contributed by atoms with Crippen LogP contribution in [0.15, 0.2) is 57.3 Å². The average Bonchev–Trinajstić information content (AvgIpc) is 3.46. The van der Waals surface area contributed by atoms with Crippen molar-refractivity contribution in [2.24, 2.45) is 0 Å². The molecule has 0 radical (unpaired) electrons. The molecule has 0 saturated carbocycles. The van der Waals surface area contributed by atoms with E-state index in [2.05, 4.69) is 14.8 Å². The van der Waals surface area contributed by atoms with Gasteiger partial charge < -0.3 is 9.42 Å². The molecule has 162 valence electrons. The quantitative estimate of drug-likeness (QED) is 0.420. The van der Waals surface area contributed by atoms with Crippen LogP contribution in [0.3, 0.4) is 0 Å². The Labute approximate surface area is 189 Å². The summed E-state index contributed by atoms with van der Waals surface area (Å²) in [4.78, 5) is 2.31. The van der Waals surface area contributed by atoms with Crippen molar-refractivity contribution in [2.45, 2.75) is 29.5 Å². The SMILES string of the molecule is O=S(=O)(N[C@H]1CCN(CCCc2noc3ccccc23)C1)c1cc2ccc(Cl)cc2s1. The number of rotatable bonds is 7. The minimum absolute atomic E-state index is 0.0771. The summed E-state index contributed by atoms with van der Waals surface area (Å²) in [5.41, 5.74) is 1.80. The molecule has 1 fully saturated rings. The summed E-state index contributed by atoms with van der Waals surface area (Å²) >= 11 is 7.28. The molecule has 6 nitrogen and oxygen atoms in total. The smallest absolute Gasteiger partial charge is 0.250 e. The molecular formula is C22H22ClN3O3S2. The van der Waals surface area contributed by atoms with Crippen LogP contribution in [0.4, 0.5) is 0 Å². The number of nitrogens with one attached hydrogen (secondary N) is 1. The molecule has 1 aliphatic rings. The fraction of sp³-hybridized carbons (Fsp3) is 0.318. The van der Waals surface area contributed by atoms with Crippen molar-refractivity contribution in [1.82, 2.24) is 14.8 Å². The van der Waals surface area contributed by atoms with E-state index in [1.807, 2.05) is 30.3 Å². The number of sulfonamides is 1. The highest BCUT2D eigenvalue weighted by Gasteiger charge is 2.28. The Balaban J connectivity index is 1.16. The van der Waals surface area contributed by atoms with Crippen molar-refractivity contribution >= 4 is 54.0 Å². The van der Waals surface area contributed by atoms with E-state index >= 15 is 0 Å². The summed E-state index contributed by atoms with van der Waals surface area (Å²) in [6.07, 6.45) is 2.60. The number of benzene rings is 2. The molecule has 31 heavy (non-hydrogen) atoms. The van der Waals surface area contributed by atoms with Gasteiger partial charge >= 0.3 is 0 Å². The first kappa shape index (κ1) is 20.9. The average molecular weight is 476 g/mol. The van der Waals surface area contributed by atoms with Crippen molar-refractivity contribution in [1.29, 1.82) is 0 Å². The zero-order valence-corrected chi connectivity index (χ0v) is 19.1. The van der Waals surface area contributed by atoms with Gasteiger partial charge in [-0.3, -0.25) is 0 Å². The van der Waals surface area contributed by atoms with E-state index in [4.69, 9.17) is 16.1 Å². The second kappa shape index (κ2) is 8.52. The van der Waals surface area contributed by atoms with Crippen LogP contribution in [0.1, 0.15) is 18.5 Å². The van der Waals surface area contributed by atoms with Crippen molar-refractivity contribution in [3.05, 3.63) is 59.2 Å². The van der Waals surface area contributed by atoms with Gasteiger partial charge in [-0.15, -0.1) is 11.3 Å². The molecule has 1 N–H and O–H groups in total. The first-order chi connectivity index (χ1) is 15.0. The van der Waals surface area contributed by atoms with Gasteiger partial charge in [0, 0.05) is 27.7 Å². The van der Waals surface area contributed by atoms with Crippen molar-refractivity contribution in [3.63, 3.8) is 0 Å². The maximum absolute atomic E-state index is 12.9. The number of halogens is 1. The number of likely N-dealkylation sites (tertiary alicyclic amines) is 1. The van der Waals surface area contributed by atoms with E-state index in [0.717, 1.165) is 65.6 Å². The lowest BCUT2D eigenvalue weighted by Gasteiger charge is -2.16. The van der Waals surface area contributed by atoms with Crippen LogP contribution in [0.5, 0.6) is 0 Å². The lowest BCUT2D eigenvalue weighted by atomic mass is 10.1. The number of hydrogen-bond donors (Lipinski definition) is 1. The minimum Gasteiger partial charge on any atom is -0.356 e. The molecular weight excluding hydrogens is 454 g/mol. The first-order valence-electron chi connectivity index (χ1n) is 10.2. The fourth-order valence-electron chi connectivity index (χ4n) is 4.11. The standard InChI is InChI=1S/C22H22ClN3O3S2/c23-16-8-7-15-12-22(30-21(15)13-16)31(27,28)25-17-9-11-26(14-17)10-3-5-19-18-4-1-2-6-20(18)29-24-19/h1-2,4,6-8,12-13,17,25H,3,5,9-11,14H2/t17-/m0/s1. The van der Waals surface area contributed by atoms with Gasteiger partial charge in [-0.05, 0) is 68.1 Å². The molecule has 1 atom stereocenters. The number of thiophene rings is 1. The van der Waals surface area contributed by atoms with Gasteiger partial charge in [-0.25, -0.2) is 13.1 Å². The van der Waals surface area contributed by atoms with E-state index in [0.29, 0.717) is 9.23 Å². The van der Waals surface area contributed by atoms with Crippen LogP contribution in [0, 0.1) is 0 Å². The maximum Gasteiger partial charge on any atom is 0.250 e. The lowest BCUT2D eigenvalue weighted by molar-refractivity contribution is 0.326. The molecule has 9 heteroatoms. The van der Waals surface area contributed by atoms with E-state index in [9.17, 15) is 8.42 Å². The third-order valence-electron chi connectivity index (χ3n) is 5.66. The van der Waals surface area contributed by atoms with Gasteiger partial charge in [0.15, 0.2) is 5.58 Å². The third kappa shape index (κ3) is 4.49. The van der Waals surface area contributed by atoms with Crippen LogP contribution in [-0.2, 0) is 16.4 Å². The maximum atomic E-state index is 12.9. The molecule has 4 aromatic rings. The molecule has 3 heterocycles. The van der Waals surface area contributed by atoms with Gasteiger partial charge in [0.2, 0.25) is 10.0 Å². The molecule has 0 amide bonds. The van der Waals surface area contributed by atoms with Crippen LogP contribution in [0.25, 0.3) is 21.1 Å². The minimum atomic E-state index is -3.55. The Hall–Kier alpha value is -1.97. The summed E-state index contributed by atoms with van der Waals surface area (Å²) in [6.45, 7) is 2.51. The second-order valence-electron chi connectivity index (χ2n) is 7.88. The van der Waals surface area contributed by atoms with Gasteiger partial charge in [0.1, 0.15) is 4.21 Å². The number of aryl methyl sites for hydroxylation is 1. The van der Waals surface area contributed by atoms with Gasteiger partial charge in [0.25, 0.3) is 0 Å². The largest absolute Gasteiger partial charge is 0.356 e. The molecule has 2 aromatic heterocycles. The molecule has 1 saturated heterocycles. The molecule has 0 bridgehead atoms.